The van der Waals surface area contributed by atoms with Crippen molar-refractivity contribution < 1.29 is 4.79 Å². The number of nitrogens with two attached hydrogens (primary N) is 1. The zero-order chi connectivity index (χ0) is 13.7. The van der Waals surface area contributed by atoms with E-state index in [-0.39, 0.29) is 5.91 Å². The molecule has 0 radical (unpaired) electrons. The van der Waals surface area contributed by atoms with Crippen LogP contribution in [0.4, 0.5) is 0 Å². The topological polar surface area (TPSA) is 58.4 Å². The maximum atomic E-state index is 11.1. The van der Waals surface area contributed by atoms with Crippen molar-refractivity contribution in [2.75, 3.05) is 26.7 Å². The minimum atomic E-state index is -0.365. The highest BCUT2D eigenvalue weighted by Crippen LogP contribution is 2.14. The minimum absolute atomic E-state index is 0.365. The number of carbonyl (C=O) groups excluding carboxylic acids is 1. The van der Waals surface area contributed by atoms with Gasteiger partial charge in [-0.25, -0.2) is 0 Å². The van der Waals surface area contributed by atoms with Crippen LogP contribution in [-0.2, 0) is 6.54 Å². The van der Waals surface area contributed by atoms with Gasteiger partial charge >= 0.3 is 0 Å². The lowest BCUT2D eigenvalue weighted by atomic mass is 9.98. The SMILES string of the molecule is CN1CCCC(CNCc2cccc(C(N)=O)c2)C1. The van der Waals surface area contributed by atoms with Crippen molar-refractivity contribution in [2.45, 2.75) is 19.4 Å². The first-order valence-electron chi connectivity index (χ1n) is 6.93. The molecule has 1 fully saturated rings. The Hall–Kier alpha value is -1.39. The van der Waals surface area contributed by atoms with Gasteiger partial charge in [-0.3, -0.25) is 4.79 Å². The van der Waals surface area contributed by atoms with Crippen molar-refractivity contribution in [3.63, 3.8) is 0 Å². The third kappa shape index (κ3) is 4.33. The number of carbonyl (C=O) groups is 1. The second-order valence-corrected chi connectivity index (χ2v) is 5.47. The molecule has 1 aliphatic heterocycles. The molecular weight excluding hydrogens is 238 g/mol. The Balaban J connectivity index is 1.79. The zero-order valence-corrected chi connectivity index (χ0v) is 11.6. The van der Waals surface area contributed by atoms with Crippen LogP contribution in [0.25, 0.3) is 0 Å². The van der Waals surface area contributed by atoms with Gasteiger partial charge in [0, 0.05) is 18.7 Å². The number of nitrogens with one attached hydrogen (secondary N) is 1. The van der Waals surface area contributed by atoms with Gasteiger partial charge in [-0.15, -0.1) is 0 Å². The molecule has 1 atom stereocenters. The van der Waals surface area contributed by atoms with Crippen LogP contribution in [0.1, 0.15) is 28.8 Å². The molecule has 1 amide bonds. The van der Waals surface area contributed by atoms with Gasteiger partial charge in [-0.2, -0.15) is 0 Å². The molecular formula is C15H23N3O. The number of hydrogen-bond donors (Lipinski definition) is 2. The minimum Gasteiger partial charge on any atom is -0.366 e. The van der Waals surface area contributed by atoms with Crippen molar-refractivity contribution in [3.8, 4) is 0 Å². The van der Waals surface area contributed by atoms with E-state index in [1.54, 1.807) is 6.07 Å². The molecule has 0 bridgehead atoms. The van der Waals surface area contributed by atoms with Crippen molar-refractivity contribution in [2.24, 2.45) is 11.7 Å². The number of primary amides is 1. The van der Waals surface area contributed by atoms with Gasteiger partial charge in [0.25, 0.3) is 0 Å². The fourth-order valence-electron chi connectivity index (χ4n) is 2.70. The summed E-state index contributed by atoms with van der Waals surface area (Å²) in [5, 5.41) is 3.48. The summed E-state index contributed by atoms with van der Waals surface area (Å²) in [6, 6.07) is 7.52. The summed E-state index contributed by atoms with van der Waals surface area (Å²) in [4.78, 5) is 13.5. The second-order valence-electron chi connectivity index (χ2n) is 5.47. The highest BCUT2D eigenvalue weighted by atomic mass is 16.1. The van der Waals surface area contributed by atoms with E-state index >= 15 is 0 Å². The van der Waals surface area contributed by atoms with E-state index in [1.165, 1.54) is 25.9 Å². The summed E-state index contributed by atoms with van der Waals surface area (Å²) < 4.78 is 0. The van der Waals surface area contributed by atoms with E-state index in [2.05, 4.69) is 17.3 Å². The van der Waals surface area contributed by atoms with Crippen LogP contribution >= 0.6 is 0 Å². The van der Waals surface area contributed by atoms with Gasteiger partial charge in [0.05, 0.1) is 0 Å². The molecule has 4 heteroatoms. The van der Waals surface area contributed by atoms with E-state index in [9.17, 15) is 4.79 Å². The van der Waals surface area contributed by atoms with E-state index in [1.807, 2.05) is 18.2 Å². The Bertz CT molecular complexity index is 433. The van der Waals surface area contributed by atoms with Gasteiger partial charge < -0.3 is 16.0 Å². The van der Waals surface area contributed by atoms with Gasteiger partial charge in [0.15, 0.2) is 0 Å². The molecule has 3 N–H and O–H groups in total. The summed E-state index contributed by atoms with van der Waals surface area (Å²) in [7, 11) is 2.18. The standard InChI is InChI=1S/C15H23N3O/c1-18-7-3-5-13(11-18)10-17-9-12-4-2-6-14(8-12)15(16)19/h2,4,6,8,13,17H,3,5,7,9-11H2,1H3,(H2,16,19). The van der Waals surface area contributed by atoms with Crippen LogP contribution < -0.4 is 11.1 Å². The lowest BCUT2D eigenvalue weighted by molar-refractivity contribution is 0.1000. The number of likely N-dealkylation sites (tertiary alicyclic amines) is 1. The van der Waals surface area contributed by atoms with Gasteiger partial charge in [0.2, 0.25) is 5.91 Å². The maximum absolute atomic E-state index is 11.1. The molecule has 0 aromatic heterocycles. The van der Waals surface area contributed by atoms with Gasteiger partial charge in [0.1, 0.15) is 0 Å². The fraction of sp³-hybridized carbons (Fsp3) is 0.533. The van der Waals surface area contributed by atoms with E-state index in [4.69, 9.17) is 5.73 Å². The highest BCUT2D eigenvalue weighted by Gasteiger charge is 2.16. The number of hydrogen-bond acceptors (Lipinski definition) is 3. The molecule has 4 nitrogen and oxygen atoms in total. The molecule has 1 aromatic rings. The normalized spacial score (nSPS) is 20.4. The molecule has 1 unspecified atom stereocenters. The Morgan fingerprint density at radius 1 is 1.53 bits per heavy atom. The number of rotatable bonds is 5. The largest absolute Gasteiger partial charge is 0.366 e. The first-order valence-corrected chi connectivity index (χ1v) is 6.93. The summed E-state index contributed by atoms with van der Waals surface area (Å²) in [5.74, 6) is 0.369. The fourth-order valence-corrected chi connectivity index (χ4v) is 2.70. The van der Waals surface area contributed by atoms with Crippen molar-refractivity contribution >= 4 is 5.91 Å². The molecule has 0 saturated carbocycles. The van der Waals surface area contributed by atoms with Crippen molar-refractivity contribution in [1.82, 2.24) is 10.2 Å². The predicted molar refractivity (Wildman–Crippen MR) is 76.9 cm³/mol. The average molecular weight is 261 g/mol. The first-order chi connectivity index (χ1) is 9.15. The molecule has 2 rings (SSSR count). The van der Waals surface area contributed by atoms with Crippen LogP contribution in [-0.4, -0.2) is 37.5 Å². The monoisotopic (exact) mass is 261 g/mol. The zero-order valence-electron chi connectivity index (χ0n) is 11.6. The number of amides is 1. The molecule has 1 aromatic carbocycles. The first kappa shape index (κ1) is 14.0. The van der Waals surface area contributed by atoms with Crippen LogP contribution in [0.5, 0.6) is 0 Å². The molecule has 104 valence electrons. The predicted octanol–water partition coefficient (Wildman–Crippen LogP) is 1.22. The molecule has 1 saturated heterocycles. The molecule has 0 spiro atoms. The summed E-state index contributed by atoms with van der Waals surface area (Å²) in [6.07, 6.45) is 2.60. The van der Waals surface area contributed by atoms with Crippen LogP contribution in [0.15, 0.2) is 24.3 Å². The quantitative estimate of drug-likeness (QED) is 0.838. The van der Waals surface area contributed by atoms with Gasteiger partial charge in [-0.1, -0.05) is 12.1 Å². The molecule has 1 aliphatic rings. The third-order valence-electron chi connectivity index (χ3n) is 3.70. The second kappa shape index (κ2) is 6.68. The summed E-state index contributed by atoms with van der Waals surface area (Å²) in [6.45, 7) is 4.22. The summed E-state index contributed by atoms with van der Waals surface area (Å²) >= 11 is 0. The summed E-state index contributed by atoms with van der Waals surface area (Å²) in [5.41, 5.74) is 6.97. The Morgan fingerprint density at radius 3 is 3.11 bits per heavy atom. The number of nitrogens with zero attached hydrogens (tertiary/aromatic N) is 1. The number of benzene rings is 1. The Kier molecular flexibility index (Phi) is 4.93. The lowest BCUT2D eigenvalue weighted by Crippen LogP contribution is -2.37. The molecule has 0 aliphatic carbocycles. The molecule has 19 heavy (non-hydrogen) atoms. The van der Waals surface area contributed by atoms with Crippen molar-refractivity contribution in [3.05, 3.63) is 35.4 Å². The van der Waals surface area contributed by atoms with E-state index in [0.717, 1.165) is 24.6 Å². The maximum Gasteiger partial charge on any atom is 0.248 e. The average Bonchev–Trinajstić information content (AvgIpc) is 2.39. The highest BCUT2D eigenvalue weighted by molar-refractivity contribution is 5.92. The molecule has 1 heterocycles. The van der Waals surface area contributed by atoms with Crippen LogP contribution in [0.3, 0.4) is 0 Å². The smallest absolute Gasteiger partial charge is 0.248 e. The third-order valence-corrected chi connectivity index (χ3v) is 3.70. The van der Waals surface area contributed by atoms with Crippen LogP contribution in [0.2, 0.25) is 0 Å². The van der Waals surface area contributed by atoms with Crippen LogP contribution in [0, 0.1) is 5.92 Å². The Morgan fingerprint density at radius 2 is 2.37 bits per heavy atom. The number of piperidine rings is 1. The van der Waals surface area contributed by atoms with E-state index < -0.39 is 0 Å². The lowest BCUT2D eigenvalue weighted by Gasteiger charge is -2.29. The van der Waals surface area contributed by atoms with Gasteiger partial charge in [-0.05, 0) is 56.6 Å². The van der Waals surface area contributed by atoms with Crippen molar-refractivity contribution in [1.29, 1.82) is 0 Å². The Labute approximate surface area is 115 Å². The van der Waals surface area contributed by atoms with E-state index in [0.29, 0.717) is 5.56 Å².